The molecule has 0 aromatic heterocycles. The van der Waals surface area contributed by atoms with Crippen molar-refractivity contribution in [1.82, 2.24) is 9.62 Å². The molecule has 7 heteroatoms. The van der Waals surface area contributed by atoms with E-state index in [0.29, 0.717) is 6.54 Å². The van der Waals surface area contributed by atoms with Gasteiger partial charge in [-0.25, -0.2) is 13.1 Å². The first-order chi connectivity index (χ1) is 9.26. The van der Waals surface area contributed by atoms with Crippen LogP contribution in [0.2, 0.25) is 0 Å². The zero-order valence-electron chi connectivity index (χ0n) is 12.3. The van der Waals surface area contributed by atoms with Crippen molar-refractivity contribution in [3.05, 3.63) is 29.8 Å². The third-order valence-corrected chi connectivity index (χ3v) is 5.76. The molecule has 1 aromatic carbocycles. The lowest BCUT2D eigenvalue weighted by molar-refractivity contribution is 0.299. The number of hydrogen-bond donors (Lipinski definition) is 1. The van der Waals surface area contributed by atoms with E-state index < -0.39 is 10.0 Å². The molecule has 114 valence electrons. The van der Waals surface area contributed by atoms with Gasteiger partial charge in [-0.2, -0.15) is 0 Å². The maximum atomic E-state index is 11.5. The van der Waals surface area contributed by atoms with Crippen LogP contribution < -0.4 is 9.62 Å². The number of nitrogens with one attached hydrogen (secondary N) is 1. The first kappa shape index (κ1) is 17.4. The van der Waals surface area contributed by atoms with Gasteiger partial charge in [-0.05, 0) is 31.8 Å². The molecule has 0 saturated carbocycles. The SMILES string of the molecule is CN(C)c1ccc(C(CNS(=O)(=O)CBr)N(C)C)cc1. The minimum Gasteiger partial charge on any atom is -0.378 e. The van der Waals surface area contributed by atoms with Crippen molar-refractivity contribution in [1.29, 1.82) is 0 Å². The molecule has 0 saturated heterocycles. The van der Waals surface area contributed by atoms with Crippen LogP contribution >= 0.6 is 15.9 Å². The highest BCUT2D eigenvalue weighted by molar-refractivity contribution is 9.10. The summed E-state index contributed by atoms with van der Waals surface area (Å²) in [6.45, 7) is 0.349. The summed E-state index contributed by atoms with van der Waals surface area (Å²) < 4.78 is 25.6. The Bertz CT molecular complexity index is 515. The molecule has 20 heavy (non-hydrogen) atoms. The Morgan fingerprint density at radius 1 is 1.15 bits per heavy atom. The van der Waals surface area contributed by atoms with E-state index in [2.05, 4.69) is 20.7 Å². The topological polar surface area (TPSA) is 52.7 Å². The number of sulfonamides is 1. The summed E-state index contributed by atoms with van der Waals surface area (Å²) in [4.78, 5) is 4.03. The Kier molecular flexibility index (Phi) is 6.44. The summed E-state index contributed by atoms with van der Waals surface area (Å²) in [6, 6.07) is 8.13. The third-order valence-electron chi connectivity index (χ3n) is 3.06. The molecule has 0 fully saturated rings. The Morgan fingerprint density at radius 3 is 2.10 bits per heavy atom. The maximum absolute atomic E-state index is 11.5. The van der Waals surface area contributed by atoms with Crippen LogP contribution in [0.5, 0.6) is 0 Å². The van der Waals surface area contributed by atoms with E-state index >= 15 is 0 Å². The van der Waals surface area contributed by atoms with Gasteiger partial charge < -0.3 is 9.80 Å². The highest BCUT2D eigenvalue weighted by Gasteiger charge is 2.17. The van der Waals surface area contributed by atoms with Crippen LogP contribution in [-0.4, -0.2) is 52.7 Å². The van der Waals surface area contributed by atoms with Crippen molar-refractivity contribution < 1.29 is 8.42 Å². The van der Waals surface area contributed by atoms with E-state index in [9.17, 15) is 8.42 Å². The summed E-state index contributed by atoms with van der Waals surface area (Å²) in [5.41, 5.74) is 2.20. The van der Waals surface area contributed by atoms with Gasteiger partial charge in [0.15, 0.2) is 0 Å². The molecule has 1 unspecified atom stereocenters. The summed E-state index contributed by atoms with van der Waals surface area (Å²) in [5, 5.41) is 0. The molecule has 1 N–H and O–H groups in total. The average molecular weight is 364 g/mol. The highest BCUT2D eigenvalue weighted by Crippen LogP contribution is 2.21. The molecule has 1 atom stereocenters. The number of halogens is 1. The van der Waals surface area contributed by atoms with E-state index in [4.69, 9.17) is 0 Å². The van der Waals surface area contributed by atoms with Gasteiger partial charge in [0.05, 0.1) is 0 Å². The number of alkyl halides is 1. The lowest BCUT2D eigenvalue weighted by Crippen LogP contribution is -2.34. The van der Waals surface area contributed by atoms with Crippen LogP contribution in [0.3, 0.4) is 0 Å². The number of hydrogen-bond acceptors (Lipinski definition) is 4. The van der Waals surface area contributed by atoms with E-state index in [1.807, 2.05) is 62.3 Å². The quantitative estimate of drug-likeness (QED) is 0.748. The second-order valence-electron chi connectivity index (χ2n) is 5.04. The number of rotatable bonds is 7. The minimum atomic E-state index is -3.25. The van der Waals surface area contributed by atoms with Crippen molar-refractivity contribution in [3.8, 4) is 0 Å². The molecule has 0 heterocycles. The van der Waals surface area contributed by atoms with Crippen molar-refractivity contribution in [3.63, 3.8) is 0 Å². The molecular formula is C13H22BrN3O2S. The predicted octanol–water partition coefficient (Wildman–Crippen LogP) is 1.63. The first-order valence-electron chi connectivity index (χ1n) is 6.24. The number of likely N-dealkylation sites (N-methyl/N-ethyl adjacent to an activating group) is 1. The lowest BCUT2D eigenvalue weighted by atomic mass is 10.1. The fraction of sp³-hybridized carbons (Fsp3) is 0.538. The molecule has 1 rings (SSSR count). The molecular weight excluding hydrogens is 342 g/mol. The Labute approximate surface area is 130 Å². The molecule has 1 aromatic rings. The summed E-state index contributed by atoms with van der Waals surface area (Å²) >= 11 is 2.97. The van der Waals surface area contributed by atoms with E-state index in [-0.39, 0.29) is 10.7 Å². The molecule has 0 aliphatic rings. The van der Waals surface area contributed by atoms with Crippen LogP contribution in [0.15, 0.2) is 24.3 Å². The number of benzene rings is 1. The van der Waals surface area contributed by atoms with Gasteiger partial charge in [-0.1, -0.05) is 28.1 Å². The zero-order valence-corrected chi connectivity index (χ0v) is 14.7. The maximum Gasteiger partial charge on any atom is 0.221 e. The van der Waals surface area contributed by atoms with Crippen LogP contribution in [0.25, 0.3) is 0 Å². The second kappa shape index (κ2) is 7.40. The van der Waals surface area contributed by atoms with Gasteiger partial charge in [0.1, 0.15) is 4.66 Å². The van der Waals surface area contributed by atoms with Crippen LogP contribution in [0.4, 0.5) is 5.69 Å². The fourth-order valence-electron chi connectivity index (χ4n) is 1.84. The van der Waals surface area contributed by atoms with Crippen molar-refractivity contribution >= 4 is 31.6 Å². The van der Waals surface area contributed by atoms with Gasteiger partial charge in [0.2, 0.25) is 10.0 Å². The third kappa shape index (κ3) is 5.05. The predicted molar refractivity (Wildman–Crippen MR) is 87.9 cm³/mol. The number of anilines is 1. The molecule has 0 aliphatic heterocycles. The van der Waals surface area contributed by atoms with Crippen molar-refractivity contribution in [2.24, 2.45) is 0 Å². The smallest absolute Gasteiger partial charge is 0.221 e. The standard InChI is InChI=1S/C13H22BrN3O2S/c1-16(2)12-7-5-11(6-8-12)13(17(3)4)9-15-20(18,19)10-14/h5-8,13,15H,9-10H2,1-4H3. The highest BCUT2D eigenvalue weighted by atomic mass is 79.9. The van der Waals surface area contributed by atoms with E-state index in [1.54, 1.807) is 0 Å². The van der Waals surface area contributed by atoms with Gasteiger partial charge in [0, 0.05) is 32.4 Å². The van der Waals surface area contributed by atoms with Crippen LogP contribution in [-0.2, 0) is 10.0 Å². The number of nitrogens with zero attached hydrogens (tertiary/aromatic N) is 2. The van der Waals surface area contributed by atoms with Gasteiger partial charge in [-0.15, -0.1) is 0 Å². The fourth-order valence-corrected chi connectivity index (χ4v) is 2.81. The van der Waals surface area contributed by atoms with Gasteiger partial charge in [0.25, 0.3) is 0 Å². The average Bonchev–Trinajstić information content (AvgIpc) is 2.39. The second-order valence-corrected chi connectivity index (χ2v) is 8.15. The van der Waals surface area contributed by atoms with E-state index in [0.717, 1.165) is 11.3 Å². The molecule has 0 amide bonds. The van der Waals surface area contributed by atoms with Crippen molar-refractivity contribution in [2.45, 2.75) is 6.04 Å². The largest absolute Gasteiger partial charge is 0.378 e. The molecule has 0 spiro atoms. The Balaban J connectivity index is 2.86. The minimum absolute atomic E-state index is 0.0000345. The summed E-state index contributed by atoms with van der Waals surface area (Å²) in [5.74, 6) is 0. The summed E-state index contributed by atoms with van der Waals surface area (Å²) in [6.07, 6.45) is 0. The zero-order chi connectivity index (χ0) is 15.3. The summed E-state index contributed by atoms with van der Waals surface area (Å²) in [7, 11) is 4.61. The van der Waals surface area contributed by atoms with Crippen LogP contribution in [0, 0.1) is 0 Å². The van der Waals surface area contributed by atoms with E-state index in [1.165, 1.54) is 0 Å². The van der Waals surface area contributed by atoms with Gasteiger partial charge >= 0.3 is 0 Å². The lowest BCUT2D eigenvalue weighted by Gasteiger charge is -2.25. The van der Waals surface area contributed by atoms with Crippen LogP contribution in [0.1, 0.15) is 11.6 Å². The molecule has 0 aliphatic carbocycles. The molecule has 5 nitrogen and oxygen atoms in total. The normalized spacial score (nSPS) is 13.5. The molecule has 0 radical (unpaired) electrons. The Morgan fingerprint density at radius 2 is 1.70 bits per heavy atom. The monoisotopic (exact) mass is 363 g/mol. The van der Waals surface area contributed by atoms with Crippen molar-refractivity contribution in [2.75, 3.05) is 44.3 Å². The van der Waals surface area contributed by atoms with Gasteiger partial charge in [-0.3, -0.25) is 0 Å². The molecule has 0 bridgehead atoms. The first-order valence-corrected chi connectivity index (χ1v) is 9.01. The Hall–Kier alpha value is -0.630.